The summed E-state index contributed by atoms with van der Waals surface area (Å²) in [6, 6.07) is 1.98. The van der Waals surface area contributed by atoms with Gasteiger partial charge in [0.25, 0.3) is 5.91 Å². The minimum atomic E-state index is -0.453. The molecule has 152 valence electrons. The van der Waals surface area contributed by atoms with Crippen LogP contribution in [0, 0.1) is 6.92 Å². The number of rotatable bonds is 6. The van der Waals surface area contributed by atoms with E-state index in [1.165, 1.54) is 10.4 Å². The fraction of sp³-hybridized carbons (Fsp3) is 0.700. The number of carbonyl (C=O) groups is 2. The number of aryl methyl sites for hydroxylation is 2. The Labute approximate surface area is 166 Å². The van der Waals surface area contributed by atoms with Crippen LogP contribution in [-0.2, 0) is 11.2 Å². The maximum Gasteiger partial charge on any atom is 0.410 e. The molecule has 6 nitrogen and oxygen atoms in total. The SMILES string of the molecule is CCc1sc(C(=O)NCCCN2CCN(C(=O)OC(C)(C)C)CC2)cc1C. The lowest BCUT2D eigenvalue weighted by Crippen LogP contribution is -2.50. The van der Waals surface area contributed by atoms with Crippen molar-refractivity contribution in [2.45, 2.75) is 53.1 Å². The van der Waals surface area contributed by atoms with Crippen LogP contribution in [0.4, 0.5) is 4.79 Å². The molecule has 0 bridgehead atoms. The Kier molecular flexibility index (Phi) is 7.68. The first kappa shape index (κ1) is 21.7. The second-order valence-corrected chi connectivity index (χ2v) is 9.13. The van der Waals surface area contributed by atoms with E-state index in [2.05, 4.69) is 24.1 Å². The van der Waals surface area contributed by atoms with E-state index >= 15 is 0 Å². The Morgan fingerprint density at radius 1 is 1.22 bits per heavy atom. The standard InChI is InChI=1S/C20H33N3O3S/c1-6-16-15(2)14-17(27-16)18(24)21-8-7-9-22-10-12-23(13-11-22)19(25)26-20(3,4)5/h14H,6-13H2,1-5H3,(H,21,24). The summed E-state index contributed by atoms with van der Waals surface area (Å²) in [6.07, 6.45) is 1.65. The van der Waals surface area contributed by atoms with Crippen molar-refractivity contribution in [2.75, 3.05) is 39.3 Å². The molecule has 1 aromatic rings. The Balaban J connectivity index is 1.64. The highest BCUT2D eigenvalue weighted by atomic mass is 32.1. The van der Waals surface area contributed by atoms with Crippen LogP contribution in [-0.4, -0.2) is 66.7 Å². The van der Waals surface area contributed by atoms with Crippen molar-refractivity contribution < 1.29 is 14.3 Å². The van der Waals surface area contributed by atoms with Crippen LogP contribution in [0.2, 0.25) is 0 Å². The fourth-order valence-corrected chi connectivity index (χ4v) is 4.09. The van der Waals surface area contributed by atoms with Gasteiger partial charge in [0.15, 0.2) is 0 Å². The average Bonchev–Trinajstić information content (AvgIpc) is 2.98. The van der Waals surface area contributed by atoms with Gasteiger partial charge in [0.2, 0.25) is 0 Å². The van der Waals surface area contributed by atoms with Gasteiger partial charge in [-0.3, -0.25) is 9.69 Å². The van der Waals surface area contributed by atoms with Crippen LogP contribution in [0.1, 0.15) is 54.2 Å². The number of thiophene rings is 1. The van der Waals surface area contributed by atoms with E-state index in [1.54, 1.807) is 16.2 Å². The van der Waals surface area contributed by atoms with E-state index in [1.807, 2.05) is 26.8 Å². The molecule has 1 saturated heterocycles. The molecule has 0 aromatic carbocycles. The molecule has 2 amide bonds. The van der Waals surface area contributed by atoms with Crippen LogP contribution in [0.3, 0.4) is 0 Å². The highest BCUT2D eigenvalue weighted by Gasteiger charge is 2.25. The molecule has 0 radical (unpaired) electrons. The summed E-state index contributed by atoms with van der Waals surface area (Å²) in [4.78, 5) is 30.5. The Morgan fingerprint density at radius 2 is 1.89 bits per heavy atom. The van der Waals surface area contributed by atoms with Gasteiger partial charge in [0.1, 0.15) is 5.60 Å². The van der Waals surface area contributed by atoms with Crippen molar-refractivity contribution in [2.24, 2.45) is 0 Å². The Hall–Kier alpha value is -1.60. The van der Waals surface area contributed by atoms with Crippen molar-refractivity contribution in [1.82, 2.24) is 15.1 Å². The average molecular weight is 396 g/mol. The summed E-state index contributed by atoms with van der Waals surface area (Å²) < 4.78 is 5.42. The van der Waals surface area contributed by atoms with Gasteiger partial charge in [-0.25, -0.2) is 4.79 Å². The van der Waals surface area contributed by atoms with Crippen LogP contribution in [0.25, 0.3) is 0 Å². The van der Waals surface area contributed by atoms with Crippen molar-refractivity contribution in [3.8, 4) is 0 Å². The third-order valence-corrected chi connectivity index (χ3v) is 5.91. The molecular weight excluding hydrogens is 362 g/mol. The quantitative estimate of drug-likeness (QED) is 0.751. The van der Waals surface area contributed by atoms with Gasteiger partial charge in [-0.2, -0.15) is 0 Å². The molecule has 1 fully saturated rings. The van der Waals surface area contributed by atoms with Crippen LogP contribution >= 0.6 is 11.3 Å². The summed E-state index contributed by atoms with van der Waals surface area (Å²) >= 11 is 1.59. The maximum atomic E-state index is 12.2. The zero-order valence-electron chi connectivity index (χ0n) is 17.3. The smallest absolute Gasteiger partial charge is 0.410 e. The predicted octanol–water partition coefficient (Wildman–Crippen LogP) is 3.29. The number of hydrogen-bond donors (Lipinski definition) is 1. The molecule has 0 unspecified atom stereocenters. The van der Waals surface area contributed by atoms with Crippen molar-refractivity contribution in [1.29, 1.82) is 0 Å². The lowest BCUT2D eigenvalue weighted by Gasteiger charge is -2.35. The van der Waals surface area contributed by atoms with E-state index in [0.29, 0.717) is 19.6 Å². The van der Waals surface area contributed by atoms with Crippen LogP contribution in [0.5, 0.6) is 0 Å². The predicted molar refractivity (Wildman–Crippen MR) is 110 cm³/mol. The lowest BCUT2D eigenvalue weighted by molar-refractivity contribution is 0.0144. The third-order valence-electron chi connectivity index (χ3n) is 4.53. The number of carbonyl (C=O) groups excluding carboxylic acids is 2. The second-order valence-electron chi connectivity index (χ2n) is 7.99. The first-order valence-corrected chi connectivity index (χ1v) is 10.6. The molecule has 0 aliphatic carbocycles. The summed E-state index contributed by atoms with van der Waals surface area (Å²) in [5.74, 6) is 0.0255. The van der Waals surface area contributed by atoms with E-state index < -0.39 is 5.60 Å². The maximum absolute atomic E-state index is 12.2. The van der Waals surface area contributed by atoms with Gasteiger partial charge in [-0.15, -0.1) is 11.3 Å². The highest BCUT2D eigenvalue weighted by molar-refractivity contribution is 7.14. The number of nitrogens with zero attached hydrogens (tertiary/aromatic N) is 2. The van der Waals surface area contributed by atoms with Gasteiger partial charge in [-0.1, -0.05) is 6.92 Å². The molecule has 7 heteroatoms. The molecule has 0 saturated carbocycles. The molecule has 0 atom stereocenters. The zero-order valence-corrected chi connectivity index (χ0v) is 18.1. The third kappa shape index (κ3) is 6.81. The molecule has 2 rings (SSSR count). The molecule has 1 aliphatic heterocycles. The molecule has 0 spiro atoms. The minimum Gasteiger partial charge on any atom is -0.444 e. The molecular formula is C20H33N3O3S. The topological polar surface area (TPSA) is 61.9 Å². The first-order chi connectivity index (χ1) is 12.7. The molecule has 1 aromatic heterocycles. The second kappa shape index (κ2) is 9.55. The largest absolute Gasteiger partial charge is 0.444 e. The van der Waals surface area contributed by atoms with Gasteiger partial charge >= 0.3 is 6.09 Å². The normalized spacial score (nSPS) is 15.7. The van der Waals surface area contributed by atoms with Crippen molar-refractivity contribution >= 4 is 23.3 Å². The van der Waals surface area contributed by atoms with Crippen LogP contribution in [0.15, 0.2) is 6.07 Å². The van der Waals surface area contributed by atoms with Crippen LogP contribution < -0.4 is 5.32 Å². The molecule has 1 aliphatic rings. The summed E-state index contributed by atoms with van der Waals surface area (Å²) in [6.45, 7) is 14.5. The number of nitrogens with one attached hydrogen (secondary N) is 1. The summed E-state index contributed by atoms with van der Waals surface area (Å²) in [5.41, 5.74) is 0.751. The summed E-state index contributed by atoms with van der Waals surface area (Å²) in [5, 5.41) is 3.02. The van der Waals surface area contributed by atoms with E-state index in [-0.39, 0.29) is 12.0 Å². The van der Waals surface area contributed by atoms with Gasteiger partial charge in [0.05, 0.1) is 4.88 Å². The Bertz CT molecular complexity index is 643. The van der Waals surface area contributed by atoms with E-state index in [0.717, 1.165) is 37.4 Å². The van der Waals surface area contributed by atoms with E-state index in [9.17, 15) is 9.59 Å². The minimum absolute atomic E-state index is 0.0255. The Morgan fingerprint density at radius 3 is 2.44 bits per heavy atom. The highest BCUT2D eigenvalue weighted by Crippen LogP contribution is 2.22. The van der Waals surface area contributed by atoms with E-state index in [4.69, 9.17) is 4.74 Å². The fourth-order valence-electron chi connectivity index (χ4n) is 3.05. The van der Waals surface area contributed by atoms with Crippen molar-refractivity contribution in [3.05, 3.63) is 21.4 Å². The molecule has 2 heterocycles. The zero-order chi connectivity index (χ0) is 20.0. The van der Waals surface area contributed by atoms with Gasteiger partial charge in [-0.05, 0) is 58.7 Å². The monoisotopic (exact) mass is 395 g/mol. The number of piperazine rings is 1. The lowest BCUT2D eigenvalue weighted by atomic mass is 10.2. The number of amides is 2. The molecule has 1 N–H and O–H groups in total. The molecule has 27 heavy (non-hydrogen) atoms. The summed E-state index contributed by atoms with van der Waals surface area (Å²) in [7, 11) is 0. The first-order valence-electron chi connectivity index (χ1n) is 9.77. The van der Waals surface area contributed by atoms with Gasteiger partial charge in [0, 0.05) is 37.6 Å². The number of hydrogen-bond acceptors (Lipinski definition) is 5. The van der Waals surface area contributed by atoms with Crippen molar-refractivity contribution in [3.63, 3.8) is 0 Å². The number of ether oxygens (including phenoxy) is 1. The van der Waals surface area contributed by atoms with Gasteiger partial charge < -0.3 is 15.0 Å².